The van der Waals surface area contributed by atoms with Crippen molar-refractivity contribution in [3.63, 3.8) is 0 Å². The number of carboxylic acids is 1. The van der Waals surface area contributed by atoms with Crippen molar-refractivity contribution in [1.82, 2.24) is 14.7 Å². The van der Waals surface area contributed by atoms with Crippen molar-refractivity contribution in [2.75, 3.05) is 5.32 Å². The van der Waals surface area contributed by atoms with Crippen molar-refractivity contribution in [3.8, 4) is 0 Å². The highest BCUT2D eigenvalue weighted by Gasteiger charge is 2.27. The summed E-state index contributed by atoms with van der Waals surface area (Å²) in [4.78, 5) is 40.5. The average Bonchev–Trinajstić information content (AvgIpc) is 3.27. The van der Waals surface area contributed by atoms with Gasteiger partial charge >= 0.3 is 5.97 Å². The van der Waals surface area contributed by atoms with Gasteiger partial charge in [-0.25, -0.2) is 4.98 Å². The van der Waals surface area contributed by atoms with E-state index in [0.29, 0.717) is 17.8 Å². The Morgan fingerprint density at radius 3 is 2.47 bits per heavy atom. The number of amides is 1. The molecule has 1 unspecified atom stereocenters. The van der Waals surface area contributed by atoms with Gasteiger partial charge in [-0.1, -0.05) is 63.2 Å². The summed E-state index contributed by atoms with van der Waals surface area (Å²) in [7, 11) is 0. The Morgan fingerprint density at radius 2 is 1.82 bits per heavy atom. The number of carboxylic acid groups (broad SMARTS) is 1. The summed E-state index contributed by atoms with van der Waals surface area (Å²) in [5.41, 5.74) is 2.33. The smallest absolute Gasteiger partial charge is 0.305 e. The number of nitrogens with zero attached hydrogens (tertiary/aromatic N) is 3. The number of imidazole rings is 1. The van der Waals surface area contributed by atoms with Crippen molar-refractivity contribution in [2.24, 2.45) is 0 Å². The summed E-state index contributed by atoms with van der Waals surface area (Å²) < 4.78 is 1.82. The summed E-state index contributed by atoms with van der Waals surface area (Å²) in [6, 6.07) is 17.9. The zero-order valence-electron chi connectivity index (χ0n) is 21.3. The molecule has 0 saturated heterocycles. The van der Waals surface area contributed by atoms with E-state index in [4.69, 9.17) is 4.98 Å². The Morgan fingerprint density at radius 1 is 1.08 bits per heavy atom. The molecule has 1 atom stereocenters. The van der Waals surface area contributed by atoms with Gasteiger partial charge in [-0.05, 0) is 23.3 Å². The summed E-state index contributed by atoms with van der Waals surface area (Å²) >= 11 is 0. The number of hydrogen-bond donors (Lipinski definition) is 3. The minimum atomic E-state index is -1.15. The molecule has 2 aromatic carbocycles. The maximum Gasteiger partial charge on any atom is 0.305 e. The molecule has 1 amide bonds. The number of aromatic nitrogens is 2. The highest BCUT2D eigenvalue weighted by molar-refractivity contribution is 6.00. The van der Waals surface area contributed by atoms with Gasteiger partial charge in [-0.3, -0.25) is 24.1 Å². The number of nitro benzene ring substituents is 1. The third kappa shape index (κ3) is 5.80. The van der Waals surface area contributed by atoms with Crippen LogP contribution in [0, 0.1) is 10.1 Å². The van der Waals surface area contributed by atoms with E-state index < -0.39 is 29.3 Å². The molecule has 0 saturated carbocycles. The minimum absolute atomic E-state index is 0.188. The van der Waals surface area contributed by atoms with E-state index >= 15 is 0 Å². The SMILES string of the molecule is CC(C)(C)c1nc2c(C(=O)NC(CC(=O)O)c3cccc([N+](=O)[O-])c3)cccn2c1NCc1ccccc1. The minimum Gasteiger partial charge on any atom is -0.481 e. The largest absolute Gasteiger partial charge is 0.481 e. The molecule has 2 heterocycles. The topological polar surface area (TPSA) is 139 Å². The number of pyridine rings is 1. The fraction of sp³-hybridized carbons (Fsp3) is 0.250. The molecule has 4 rings (SSSR count). The maximum absolute atomic E-state index is 13.5. The van der Waals surface area contributed by atoms with Crippen LogP contribution in [0.5, 0.6) is 0 Å². The molecule has 0 aliphatic carbocycles. The van der Waals surface area contributed by atoms with Gasteiger partial charge in [0.1, 0.15) is 5.82 Å². The Labute approximate surface area is 219 Å². The maximum atomic E-state index is 13.5. The van der Waals surface area contributed by atoms with Crippen molar-refractivity contribution >= 4 is 29.0 Å². The number of anilines is 1. The number of rotatable bonds is 9. The lowest BCUT2D eigenvalue weighted by Gasteiger charge is -2.18. The van der Waals surface area contributed by atoms with Crippen LogP contribution in [0.1, 0.15) is 60.4 Å². The van der Waals surface area contributed by atoms with Gasteiger partial charge in [-0.2, -0.15) is 0 Å². The lowest BCUT2D eigenvalue weighted by molar-refractivity contribution is -0.384. The molecule has 0 fully saturated rings. The Hall–Kier alpha value is -4.73. The quantitative estimate of drug-likeness (QED) is 0.208. The lowest BCUT2D eigenvalue weighted by Crippen LogP contribution is -2.30. The number of fused-ring (bicyclic) bond motifs is 1. The van der Waals surface area contributed by atoms with E-state index in [1.54, 1.807) is 18.2 Å². The van der Waals surface area contributed by atoms with Crippen LogP contribution >= 0.6 is 0 Å². The highest BCUT2D eigenvalue weighted by atomic mass is 16.6. The van der Waals surface area contributed by atoms with Gasteiger partial charge < -0.3 is 15.7 Å². The van der Waals surface area contributed by atoms with Gasteiger partial charge in [0, 0.05) is 30.3 Å². The van der Waals surface area contributed by atoms with Gasteiger partial charge in [0.15, 0.2) is 5.65 Å². The van der Waals surface area contributed by atoms with Gasteiger partial charge in [-0.15, -0.1) is 0 Å². The van der Waals surface area contributed by atoms with Crippen LogP contribution in [0.4, 0.5) is 11.5 Å². The van der Waals surface area contributed by atoms with Gasteiger partial charge in [0.05, 0.1) is 28.6 Å². The Bertz CT molecular complexity index is 1490. The molecular formula is C28H29N5O5. The van der Waals surface area contributed by atoms with Crippen LogP contribution in [-0.2, 0) is 16.8 Å². The third-order valence-corrected chi connectivity index (χ3v) is 6.08. The van der Waals surface area contributed by atoms with E-state index in [1.165, 1.54) is 18.2 Å². The van der Waals surface area contributed by atoms with Crippen molar-refractivity contribution in [3.05, 3.63) is 105 Å². The number of carbonyl (C=O) groups excluding carboxylic acids is 1. The summed E-state index contributed by atoms with van der Waals surface area (Å²) in [6.45, 7) is 6.66. The number of benzene rings is 2. The van der Waals surface area contributed by atoms with E-state index in [2.05, 4.69) is 10.6 Å². The average molecular weight is 516 g/mol. The molecule has 10 nitrogen and oxygen atoms in total. The Kier molecular flexibility index (Phi) is 7.43. The number of aliphatic carboxylic acids is 1. The van der Waals surface area contributed by atoms with Crippen LogP contribution in [0.15, 0.2) is 72.9 Å². The number of nitrogens with one attached hydrogen (secondary N) is 2. The predicted octanol–water partition coefficient (Wildman–Crippen LogP) is 5.10. The van der Waals surface area contributed by atoms with Gasteiger partial charge in [0.2, 0.25) is 0 Å². The third-order valence-electron chi connectivity index (χ3n) is 6.08. The van der Waals surface area contributed by atoms with Crippen LogP contribution in [-0.4, -0.2) is 31.3 Å². The fourth-order valence-electron chi connectivity index (χ4n) is 4.24. The first kappa shape index (κ1) is 26.3. The molecule has 0 aliphatic heterocycles. The molecule has 0 aliphatic rings. The number of hydrogen-bond acceptors (Lipinski definition) is 6. The van der Waals surface area contributed by atoms with E-state index in [0.717, 1.165) is 17.1 Å². The zero-order chi connectivity index (χ0) is 27.4. The molecule has 38 heavy (non-hydrogen) atoms. The number of non-ortho nitro benzene ring substituents is 1. The first-order valence-corrected chi connectivity index (χ1v) is 12.1. The van der Waals surface area contributed by atoms with E-state index in [1.807, 2.05) is 61.7 Å². The van der Waals surface area contributed by atoms with Crippen molar-refractivity contribution in [2.45, 2.75) is 45.2 Å². The molecule has 0 bridgehead atoms. The van der Waals surface area contributed by atoms with Crippen LogP contribution in [0.2, 0.25) is 0 Å². The first-order chi connectivity index (χ1) is 18.0. The van der Waals surface area contributed by atoms with Gasteiger partial charge in [0.25, 0.3) is 11.6 Å². The molecule has 196 valence electrons. The fourth-order valence-corrected chi connectivity index (χ4v) is 4.24. The van der Waals surface area contributed by atoms with E-state index in [9.17, 15) is 24.8 Å². The monoisotopic (exact) mass is 515 g/mol. The molecular weight excluding hydrogens is 486 g/mol. The molecule has 2 aromatic heterocycles. The highest BCUT2D eigenvalue weighted by Crippen LogP contribution is 2.32. The predicted molar refractivity (Wildman–Crippen MR) is 143 cm³/mol. The summed E-state index contributed by atoms with van der Waals surface area (Å²) in [6.07, 6.45) is 1.37. The molecule has 0 spiro atoms. The van der Waals surface area contributed by atoms with Crippen LogP contribution in [0.25, 0.3) is 5.65 Å². The molecule has 4 aromatic rings. The molecule has 3 N–H and O–H groups in total. The number of nitro groups is 1. The standard InChI is InChI=1S/C28H29N5O5/c1-28(2,3)24-26(29-17-18-9-5-4-6-10-18)32-14-8-13-21(25(32)31-24)27(36)30-22(16-23(34)35)19-11-7-12-20(15-19)33(37)38/h4-15,22,29H,16-17H2,1-3H3,(H,30,36)(H,34,35). The second-order valence-electron chi connectivity index (χ2n) is 9.99. The summed E-state index contributed by atoms with van der Waals surface area (Å²) in [5, 5.41) is 26.9. The first-order valence-electron chi connectivity index (χ1n) is 12.1. The summed E-state index contributed by atoms with van der Waals surface area (Å²) in [5.74, 6) is -0.927. The van der Waals surface area contributed by atoms with Crippen molar-refractivity contribution < 1.29 is 19.6 Å². The Balaban J connectivity index is 1.71. The van der Waals surface area contributed by atoms with Crippen LogP contribution in [0.3, 0.4) is 0 Å². The second kappa shape index (κ2) is 10.7. The second-order valence-corrected chi connectivity index (χ2v) is 9.99. The van der Waals surface area contributed by atoms with Crippen molar-refractivity contribution in [1.29, 1.82) is 0 Å². The molecule has 10 heteroatoms. The van der Waals surface area contributed by atoms with E-state index in [-0.39, 0.29) is 16.7 Å². The molecule has 0 radical (unpaired) electrons. The normalized spacial score (nSPS) is 12.2. The lowest BCUT2D eigenvalue weighted by atomic mass is 9.92. The number of carbonyl (C=O) groups is 2. The van der Waals surface area contributed by atoms with Crippen LogP contribution < -0.4 is 10.6 Å². The zero-order valence-corrected chi connectivity index (χ0v) is 21.3.